The van der Waals surface area contributed by atoms with Crippen molar-refractivity contribution in [2.24, 2.45) is 22.2 Å². The van der Waals surface area contributed by atoms with Gasteiger partial charge in [-0.25, -0.2) is 4.99 Å². The summed E-state index contributed by atoms with van der Waals surface area (Å²) < 4.78 is 0. The summed E-state index contributed by atoms with van der Waals surface area (Å²) in [5.74, 6) is -0.317. The second kappa shape index (κ2) is 2.56. The average molecular weight is 142 g/mol. The number of amidine groups is 1. The van der Waals surface area contributed by atoms with Crippen molar-refractivity contribution in [3.8, 4) is 0 Å². The van der Waals surface area contributed by atoms with E-state index in [9.17, 15) is 0 Å². The monoisotopic (exact) mass is 142 g/mol. The van der Waals surface area contributed by atoms with Gasteiger partial charge in [0.1, 0.15) is 0 Å². The number of hydrogen-bond acceptors (Lipinski definition) is 4. The minimum absolute atomic E-state index is 0.586. The third-order valence-corrected chi connectivity index (χ3v) is 1.61. The van der Waals surface area contributed by atoms with Crippen molar-refractivity contribution in [2.75, 3.05) is 0 Å². The molecule has 0 saturated heterocycles. The topological polar surface area (TPSA) is 90.4 Å². The molecule has 0 amide bonds. The van der Waals surface area contributed by atoms with E-state index < -0.39 is 5.79 Å². The molecule has 0 aromatic heterocycles. The van der Waals surface area contributed by atoms with E-state index in [0.29, 0.717) is 5.84 Å². The molecule has 1 aliphatic rings. The highest BCUT2D eigenvalue weighted by Crippen LogP contribution is 2.13. The summed E-state index contributed by atoms with van der Waals surface area (Å²) in [6.45, 7) is 0. The Bertz CT molecular complexity index is 150. The van der Waals surface area contributed by atoms with E-state index >= 15 is 0 Å². The van der Waals surface area contributed by atoms with Crippen LogP contribution in [-0.2, 0) is 0 Å². The van der Waals surface area contributed by atoms with E-state index in [0.717, 1.165) is 25.7 Å². The first-order valence-corrected chi connectivity index (χ1v) is 3.52. The molecule has 0 aromatic rings. The highest BCUT2D eigenvalue weighted by Gasteiger charge is 2.19. The Hall–Kier alpha value is -0.610. The third-order valence-electron chi connectivity index (χ3n) is 1.61. The maximum Gasteiger partial charge on any atom is 0.161 e. The zero-order chi connectivity index (χ0) is 7.61. The Balaban J connectivity index is 2.67. The smallest absolute Gasteiger partial charge is 0.161 e. The number of aliphatic imine (C=N–C) groups is 1. The molecule has 0 spiro atoms. The highest BCUT2D eigenvalue weighted by atomic mass is 15.2. The predicted octanol–water partition coefficient (Wildman–Crippen LogP) is -0.511. The van der Waals surface area contributed by atoms with Gasteiger partial charge in [0.2, 0.25) is 0 Å². The van der Waals surface area contributed by atoms with Gasteiger partial charge in [0, 0.05) is 6.42 Å². The largest absolute Gasteiger partial charge is 0.387 e. The van der Waals surface area contributed by atoms with Crippen molar-refractivity contribution in [2.45, 2.75) is 31.5 Å². The van der Waals surface area contributed by atoms with E-state index in [1.807, 2.05) is 0 Å². The van der Waals surface area contributed by atoms with E-state index in [2.05, 4.69) is 4.99 Å². The Labute approximate surface area is 60.5 Å². The van der Waals surface area contributed by atoms with Gasteiger partial charge in [0.15, 0.2) is 5.79 Å². The molecule has 0 radical (unpaired) electrons. The zero-order valence-corrected chi connectivity index (χ0v) is 6.01. The van der Waals surface area contributed by atoms with Gasteiger partial charge in [-0.3, -0.25) is 11.5 Å². The fourth-order valence-corrected chi connectivity index (χ4v) is 1.09. The molecular formula is C6H14N4. The van der Waals surface area contributed by atoms with Crippen LogP contribution in [0.25, 0.3) is 0 Å². The van der Waals surface area contributed by atoms with Crippen LogP contribution in [0.4, 0.5) is 0 Å². The second-order valence-electron chi connectivity index (χ2n) is 2.80. The minimum atomic E-state index is -0.902. The number of rotatable bonds is 0. The average Bonchev–Trinajstić information content (AvgIpc) is 1.90. The lowest BCUT2D eigenvalue weighted by atomic mass is 10.1. The van der Waals surface area contributed by atoms with Crippen LogP contribution < -0.4 is 17.2 Å². The van der Waals surface area contributed by atoms with Gasteiger partial charge in [-0.05, 0) is 19.3 Å². The molecule has 0 aliphatic carbocycles. The standard InChI is InChI=1S/C6H14N4/c7-5-3-1-2-4-6(8,9)10-5/h1-4,8-9H2,(H2,7,10). The summed E-state index contributed by atoms with van der Waals surface area (Å²) in [5, 5.41) is 0. The first-order valence-electron chi connectivity index (χ1n) is 3.52. The van der Waals surface area contributed by atoms with Crippen molar-refractivity contribution in [1.82, 2.24) is 0 Å². The molecule has 0 aromatic carbocycles. The Morgan fingerprint density at radius 3 is 2.70 bits per heavy atom. The summed E-state index contributed by atoms with van der Waals surface area (Å²) in [7, 11) is 0. The summed E-state index contributed by atoms with van der Waals surface area (Å²) in [6, 6.07) is 0. The summed E-state index contributed by atoms with van der Waals surface area (Å²) >= 11 is 0. The van der Waals surface area contributed by atoms with Crippen LogP contribution in [0, 0.1) is 0 Å². The molecule has 0 bridgehead atoms. The van der Waals surface area contributed by atoms with Crippen molar-refractivity contribution in [3.05, 3.63) is 0 Å². The maximum absolute atomic E-state index is 5.58. The van der Waals surface area contributed by atoms with Crippen LogP contribution in [0.2, 0.25) is 0 Å². The van der Waals surface area contributed by atoms with Crippen LogP contribution >= 0.6 is 0 Å². The van der Waals surface area contributed by atoms with E-state index in [-0.39, 0.29) is 0 Å². The quantitative estimate of drug-likeness (QED) is 0.398. The van der Waals surface area contributed by atoms with Crippen LogP contribution in [0.1, 0.15) is 25.7 Å². The molecule has 10 heavy (non-hydrogen) atoms. The van der Waals surface area contributed by atoms with Crippen molar-refractivity contribution in [1.29, 1.82) is 0 Å². The molecule has 4 nitrogen and oxygen atoms in total. The SMILES string of the molecule is NC1=NC(N)(N)CCCC1. The predicted molar refractivity (Wildman–Crippen MR) is 41.2 cm³/mol. The van der Waals surface area contributed by atoms with Gasteiger partial charge >= 0.3 is 0 Å². The van der Waals surface area contributed by atoms with Crippen LogP contribution in [0.15, 0.2) is 4.99 Å². The highest BCUT2D eigenvalue weighted by molar-refractivity contribution is 5.80. The molecule has 0 saturated carbocycles. The lowest BCUT2D eigenvalue weighted by Crippen LogP contribution is -2.48. The van der Waals surface area contributed by atoms with Crippen LogP contribution in [-0.4, -0.2) is 11.6 Å². The van der Waals surface area contributed by atoms with Gasteiger partial charge in [-0.1, -0.05) is 0 Å². The van der Waals surface area contributed by atoms with Crippen LogP contribution in [0.3, 0.4) is 0 Å². The molecule has 58 valence electrons. The van der Waals surface area contributed by atoms with Gasteiger partial charge in [-0.15, -0.1) is 0 Å². The Morgan fingerprint density at radius 1 is 1.30 bits per heavy atom. The van der Waals surface area contributed by atoms with Crippen molar-refractivity contribution in [3.63, 3.8) is 0 Å². The van der Waals surface area contributed by atoms with Gasteiger partial charge in [-0.2, -0.15) is 0 Å². The van der Waals surface area contributed by atoms with E-state index in [4.69, 9.17) is 17.2 Å². The lowest BCUT2D eigenvalue weighted by Gasteiger charge is -2.16. The fraction of sp³-hybridized carbons (Fsp3) is 0.833. The first-order chi connectivity index (χ1) is 4.60. The normalized spacial score (nSPS) is 25.2. The van der Waals surface area contributed by atoms with Gasteiger partial charge < -0.3 is 5.73 Å². The Kier molecular flexibility index (Phi) is 1.92. The number of nitrogens with zero attached hydrogens (tertiary/aromatic N) is 1. The second-order valence-corrected chi connectivity index (χ2v) is 2.80. The first kappa shape index (κ1) is 7.50. The molecule has 4 heteroatoms. The lowest BCUT2D eigenvalue weighted by molar-refractivity contribution is 0.421. The molecule has 1 aliphatic heterocycles. The van der Waals surface area contributed by atoms with Crippen molar-refractivity contribution < 1.29 is 0 Å². The fourth-order valence-electron chi connectivity index (χ4n) is 1.09. The van der Waals surface area contributed by atoms with Crippen molar-refractivity contribution >= 4 is 5.84 Å². The van der Waals surface area contributed by atoms with Crippen LogP contribution in [0.5, 0.6) is 0 Å². The molecule has 1 heterocycles. The van der Waals surface area contributed by atoms with E-state index in [1.54, 1.807) is 0 Å². The summed E-state index contributed by atoms with van der Waals surface area (Å²) in [4.78, 5) is 3.96. The summed E-state index contributed by atoms with van der Waals surface area (Å²) in [6.07, 6.45) is 3.62. The zero-order valence-electron chi connectivity index (χ0n) is 6.01. The maximum atomic E-state index is 5.58. The van der Waals surface area contributed by atoms with Gasteiger partial charge in [0.05, 0.1) is 5.84 Å². The minimum Gasteiger partial charge on any atom is -0.387 e. The summed E-state index contributed by atoms with van der Waals surface area (Å²) in [5.41, 5.74) is 16.7. The molecule has 1 rings (SSSR count). The molecule has 0 unspecified atom stereocenters. The molecule has 0 fully saturated rings. The number of hydrogen-bond donors (Lipinski definition) is 3. The van der Waals surface area contributed by atoms with E-state index in [1.165, 1.54) is 0 Å². The molecular weight excluding hydrogens is 128 g/mol. The van der Waals surface area contributed by atoms with Gasteiger partial charge in [0.25, 0.3) is 0 Å². The molecule has 0 atom stereocenters. The number of nitrogens with two attached hydrogens (primary N) is 3. The Morgan fingerprint density at radius 2 is 2.00 bits per heavy atom. The third kappa shape index (κ3) is 1.97. The molecule has 6 N–H and O–H groups in total.